The highest BCUT2D eigenvalue weighted by molar-refractivity contribution is 6.02. The SMILES string of the molecule is CC(=O)[C@@]1(O)CC[C@H]2[C@@H]3C[C@H](C)C4=CC(=O)C=C[C@]4(C)[C@@]3(F)[C@@H](O)C[C@@]21C.C[C@@H]1C[C@H]2[C@@H]3CCC4=CC(=O)C=C[C@]4(C)[C@@]3(F)[C@@H](O)C[C@]2(C)[C@@]1(O)C(=O)CO. The minimum Gasteiger partial charge on any atom is -0.390 e. The van der Waals surface area contributed by atoms with Crippen LogP contribution in [-0.2, 0) is 19.2 Å². The summed E-state index contributed by atoms with van der Waals surface area (Å²) < 4.78 is 33.7. The Morgan fingerprint density at radius 1 is 0.782 bits per heavy atom. The van der Waals surface area contributed by atoms with Crippen molar-refractivity contribution in [2.45, 2.75) is 135 Å². The molecule has 0 saturated heterocycles. The zero-order valence-electron chi connectivity index (χ0n) is 33.1. The van der Waals surface area contributed by atoms with E-state index < -0.39 is 86.6 Å². The van der Waals surface area contributed by atoms with Crippen molar-refractivity contribution in [3.05, 3.63) is 47.6 Å². The number of halogens is 2. The van der Waals surface area contributed by atoms with Crippen LogP contribution in [0.25, 0.3) is 0 Å². The fourth-order valence-corrected chi connectivity index (χ4v) is 14.4. The minimum absolute atomic E-state index is 0.00153. The van der Waals surface area contributed by atoms with E-state index in [4.69, 9.17) is 0 Å². The Hall–Kier alpha value is -2.70. The number of alkyl halides is 2. The van der Waals surface area contributed by atoms with E-state index in [2.05, 4.69) is 0 Å². The first-order valence-corrected chi connectivity index (χ1v) is 20.1. The summed E-state index contributed by atoms with van der Waals surface area (Å²) in [5, 5.41) is 54.2. The molecule has 0 bridgehead atoms. The normalized spacial score (nSPS) is 53.3. The molecule has 6 fully saturated rings. The van der Waals surface area contributed by atoms with Crippen molar-refractivity contribution in [1.82, 2.24) is 0 Å². The molecule has 11 heteroatoms. The van der Waals surface area contributed by atoms with Crippen molar-refractivity contribution in [2.75, 3.05) is 6.61 Å². The highest BCUT2D eigenvalue weighted by Gasteiger charge is 2.76. The van der Waals surface area contributed by atoms with Crippen LogP contribution in [0.3, 0.4) is 0 Å². The average Bonchev–Trinajstić information content (AvgIpc) is 3.50. The van der Waals surface area contributed by atoms with Crippen LogP contribution >= 0.6 is 0 Å². The van der Waals surface area contributed by atoms with Gasteiger partial charge >= 0.3 is 0 Å². The van der Waals surface area contributed by atoms with Crippen LogP contribution < -0.4 is 0 Å². The molecule has 302 valence electrons. The monoisotopic (exact) mass is 768 g/mol. The van der Waals surface area contributed by atoms with Gasteiger partial charge in [-0.05, 0) is 120 Å². The summed E-state index contributed by atoms with van der Waals surface area (Å²) in [6.07, 6.45) is 9.12. The molecule has 9 nitrogen and oxygen atoms in total. The van der Waals surface area contributed by atoms with Gasteiger partial charge in [0.25, 0.3) is 0 Å². The lowest BCUT2D eigenvalue weighted by molar-refractivity contribution is -0.219. The van der Waals surface area contributed by atoms with Crippen molar-refractivity contribution >= 4 is 23.1 Å². The molecular formula is C44H58F2O9. The molecule has 0 aromatic carbocycles. The maximum atomic E-state index is 16.9. The summed E-state index contributed by atoms with van der Waals surface area (Å²) in [4.78, 5) is 48.6. The number of ketones is 4. The van der Waals surface area contributed by atoms with E-state index in [0.717, 1.165) is 5.57 Å². The van der Waals surface area contributed by atoms with Gasteiger partial charge in [-0.1, -0.05) is 51.0 Å². The van der Waals surface area contributed by atoms with E-state index in [1.54, 1.807) is 39.8 Å². The fourth-order valence-electron chi connectivity index (χ4n) is 14.4. The smallest absolute Gasteiger partial charge is 0.190 e. The maximum absolute atomic E-state index is 16.9. The molecule has 8 rings (SSSR count). The predicted molar refractivity (Wildman–Crippen MR) is 198 cm³/mol. The Labute approximate surface area is 322 Å². The molecule has 0 unspecified atom stereocenters. The number of hydrogen-bond donors (Lipinski definition) is 5. The van der Waals surface area contributed by atoms with Crippen molar-refractivity contribution in [3.63, 3.8) is 0 Å². The molecule has 0 amide bonds. The van der Waals surface area contributed by atoms with Crippen LogP contribution in [0.15, 0.2) is 47.6 Å². The van der Waals surface area contributed by atoms with E-state index in [-0.39, 0.29) is 47.9 Å². The second-order valence-corrected chi connectivity index (χ2v) is 19.5. The number of aliphatic hydroxyl groups excluding tert-OH is 3. The first-order chi connectivity index (χ1) is 25.4. The Kier molecular flexibility index (Phi) is 9.13. The van der Waals surface area contributed by atoms with Crippen LogP contribution in [0.5, 0.6) is 0 Å². The van der Waals surface area contributed by atoms with Crippen molar-refractivity contribution in [2.24, 2.45) is 57.2 Å². The molecule has 8 aliphatic carbocycles. The molecule has 0 aliphatic heterocycles. The van der Waals surface area contributed by atoms with Gasteiger partial charge in [-0.15, -0.1) is 0 Å². The number of carbonyl (C=O) groups excluding carboxylic acids is 4. The first-order valence-electron chi connectivity index (χ1n) is 20.1. The fraction of sp³-hybridized carbons (Fsp3) is 0.727. The van der Waals surface area contributed by atoms with Crippen molar-refractivity contribution in [3.8, 4) is 0 Å². The number of aliphatic hydroxyl groups is 5. The average molecular weight is 769 g/mol. The molecule has 16 atom stereocenters. The molecule has 0 radical (unpaired) electrons. The van der Waals surface area contributed by atoms with Gasteiger partial charge in [0.2, 0.25) is 0 Å². The molecule has 0 aromatic rings. The Balaban J connectivity index is 0.000000169. The second-order valence-electron chi connectivity index (χ2n) is 19.5. The van der Waals surface area contributed by atoms with Crippen LogP contribution in [0.1, 0.15) is 99.8 Å². The molecule has 6 saturated carbocycles. The van der Waals surface area contributed by atoms with Gasteiger partial charge in [-0.2, -0.15) is 0 Å². The summed E-state index contributed by atoms with van der Waals surface area (Å²) in [5.74, 6) is -3.23. The third-order valence-corrected chi connectivity index (χ3v) is 17.5. The van der Waals surface area contributed by atoms with E-state index >= 15 is 8.78 Å². The van der Waals surface area contributed by atoms with Crippen LogP contribution in [0, 0.1) is 57.2 Å². The molecule has 0 heterocycles. The molecule has 0 spiro atoms. The molecule has 8 aliphatic rings. The largest absolute Gasteiger partial charge is 0.390 e. The predicted octanol–water partition coefficient (Wildman–Crippen LogP) is 4.82. The summed E-state index contributed by atoms with van der Waals surface area (Å²) in [6, 6.07) is 0. The summed E-state index contributed by atoms with van der Waals surface area (Å²) >= 11 is 0. The van der Waals surface area contributed by atoms with E-state index in [1.807, 2.05) is 13.8 Å². The topological polar surface area (TPSA) is 169 Å². The lowest BCUT2D eigenvalue weighted by Crippen LogP contribution is -2.69. The quantitative estimate of drug-likeness (QED) is 0.270. The van der Waals surface area contributed by atoms with Crippen molar-refractivity contribution in [1.29, 1.82) is 0 Å². The van der Waals surface area contributed by atoms with Gasteiger partial charge in [-0.25, -0.2) is 8.78 Å². The second kappa shape index (κ2) is 12.4. The molecule has 55 heavy (non-hydrogen) atoms. The molecule has 0 aromatic heterocycles. The van der Waals surface area contributed by atoms with E-state index in [0.29, 0.717) is 44.1 Å². The third kappa shape index (κ3) is 4.73. The summed E-state index contributed by atoms with van der Waals surface area (Å²) in [5.41, 5.74) is -9.76. The number of fused-ring (bicyclic) bond motifs is 10. The number of hydrogen-bond acceptors (Lipinski definition) is 9. The number of allylic oxidation sites excluding steroid dienone is 8. The van der Waals surface area contributed by atoms with Gasteiger partial charge in [-0.3, -0.25) is 19.2 Å². The number of rotatable bonds is 3. The highest BCUT2D eigenvalue weighted by atomic mass is 19.1. The van der Waals surface area contributed by atoms with E-state index in [9.17, 15) is 44.7 Å². The Morgan fingerprint density at radius 3 is 1.95 bits per heavy atom. The standard InChI is InChI=1S/C22H29FO5.C22H29FO4/c1-12-8-16-15-5-4-13-9-14(25)6-7-19(13,2)21(15,23)17(26)10-20(16,3)22(12,28)18(27)11-24;1-12-9-17-15-6-8-21(27,13(2)24)20(15,4)11-18(26)22(17,23)19(3)7-5-14(25)10-16(12)19/h6-7,9,12,15-17,24,26,28H,4-5,8,10-11H2,1-3H3;5,7,10,12,15,17-18,26-27H,6,8-9,11H2,1-4H3/t12-,15+,16+,17+,19+,20+,21+,22+;12-,15-,17-,18-,19-,20-,21-,22-/m10/s1. The summed E-state index contributed by atoms with van der Waals surface area (Å²) in [7, 11) is 0. The number of carbonyl (C=O) groups is 4. The van der Waals surface area contributed by atoms with Crippen LogP contribution in [0.2, 0.25) is 0 Å². The zero-order chi connectivity index (χ0) is 40.7. The first kappa shape index (κ1) is 40.5. The third-order valence-electron chi connectivity index (χ3n) is 17.5. The van der Waals surface area contributed by atoms with Gasteiger partial charge in [0.1, 0.15) is 17.8 Å². The highest BCUT2D eigenvalue weighted by Crippen LogP contribution is 2.72. The maximum Gasteiger partial charge on any atom is 0.190 e. The van der Waals surface area contributed by atoms with E-state index in [1.165, 1.54) is 31.2 Å². The van der Waals surface area contributed by atoms with Crippen LogP contribution in [-0.4, -0.2) is 90.0 Å². The summed E-state index contributed by atoms with van der Waals surface area (Å²) in [6.45, 7) is 11.5. The van der Waals surface area contributed by atoms with Gasteiger partial charge in [0.05, 0.1) is 12.2 Å². The molecule has 5 N–H and O–H groups in total. The van der Waals surface area contributed by atoms with Crippen LogP contribution in [0.4, 0.5) is 8.78 Å². The number of Topliss-reactive ketones (excluding diaryl/α,β-unsaturated/α-hetero) is 2. The Morgan fingerprint density at radius 2 is 1.35 bits per heavy atom. The minimum atomic E-state index is -1.98. The zero-order valence-corrected chi connectivity index (χ0v) is 33.1. The molecular weight excluding hydrogens is 710 g/mol. The van der Waals surface area contributed by atoms with Gasteiger partial charge in [0.15, 0.2) is 34.5 Å². The van der Waals surface area contributed by atoms with Crippen molar-refractivity contribution < 1.29 is 53.5 Å². The Bertz CT molecular complexity index is 1850. The lowest BCUT2D eigenvalue weighted by Gasteiger charge is -2.63. The van der Waals surface area contributed by atoms with Gasteiger partial charge in [0, 0.05) is 33.5 Å². The van der Waals surface area contributed by atoms with Gasteiger partial charge < -0.3 is 25.5 Å². The lowest BCUT2D eigenvalue weighted by atomic mass is 9.43.